The average molecular weight is 543 g/mol. The number of benzene rings is 2. The molecule has 0 aliphatic heterocycles. The van der Waals surface area contributed by atoms with Crippen LogP contribution in [0.15, 0.2) is 72.3 Å². The lowest BCUT2D eigenvalue weighted by Crippen LogP contribution is -2.17. The summed E-state index contributed by atoms with van der Waals surface area (Å²) < 4.78 is 5.83. The summed E-state index contributed by atoms with van der Waals surface area (Å²) in [6.07, 6.45) is 7.11. The number of esters is 1. The standard InChI is InChI=1S/C33H35ClN2O3/c1-20(2)17-29-28(18-35)31(26-9-5-21(3)6-10-26)30(22(4)36-29)33(38)39-19-23-7-11-24(12-8-23)25-13-15-27(16-14-25)32(34)37/h5-13,15-16,20,25H,14,17-19,35H2,1-4H3. The second-order valence-electron chi connectivity index (χ2n) is 10.5. The molecule has 0 fully saturated rings. The molecule has 1 unspecified atom stereocenters. The molecule has 0 radical (unpaired) electrons. The van der Waals surface area contributed by atoms with Gasteiger partial charge in [-0.05, 0) is 66.5 Å². The molecule has 0 spiro atoms. The van der Waals surface area contributed by atoms with Gasteiger partial charge in [-0.25, -0.2) is 4.79 Å². The zero-order chi connectivity index (χ0) is 28.1. The highest BCUT2D eigenvalue weighted by molar-refractivity contribution is 6.68. The number of carbonyl (C=O) groups excluding carboxylic acids is 2. The van der Waals surface area contributed by atoms with Gasteiger partial charge in [0.15, 0.2) is 0 Å². The molecule has 202 valence electrons. The van der Waals surface area contributed by atoms with Crippen molar-refractivity contribution < 1.29 is 14.3 Å². The molecule has 2 aromatic carbocycles. The van der Waals surface area contributed by atoms with E-state index in [2.05, 4.69) is 13.8 Å². The van der Waals surface area contributed by atoms with E-state index in [0.717, 1.165) is 45.5 Å². The van der Waals surface area contributed by atoms with Crippen LogP contribution < -0.4 is 5.73 Å². The molecule has 0 amide bonds. The summed E-state index contributed by atoms with van der Waals surface area (Å²) >= 11 is 5.57. The second-order valence-corrected chi connectivity index (χ2v) is 10.8. The number of aromatic nitrogens is 1. The van der Waals surface area contributed by atoms with Gasteiger partial charge in [0.25, 0.3) is 5.24 Å². The van der Waals surface area contributed by atoms with E-state index in [0.29, 0.717) is 29.2 Å². The summed E-state index contributed by atoms with van der Waals surface area (Å²) in [6.45, 7) is 8.62. The van der Waals surface area contributed by atoms with Crippen LogP contribution in [0.3, 0.4) is 0 Å². The van der Waals surface area contributed by atoms with E-state index in [1.54, 1.807) is 6.08 Å². The Balaban J connectivity index is 1.57. The van der Waals surface area contributed by atoms with Gasteiger partial charge in [-0.15, -0.1) is 0 Å². The average Bonchev–Trinajstić information content (AvgIpc) is 2.92. The fraction of sp³-hybridized carbons (Fsp3) is 0.303. The van der Waals surface area contributed by atoms with Crippen LogP contribution in [0.2, 0.25) is 0 Å². The van der Waals surface area contributed by atoms with E-state index >= 15 is 0 Å². The SMILES string of the molecule is Cc1ccc(-c2c(CN)c(CC(C)C)nc(C)c2C(=O)OCc2ccc(C3C=CC(C(=O)Cl)=CC3)cc2)cc1. The molecule has 3 aromatic rings. The zero-order valence-electron chi connectivity index (χ0n) is 23.0. The summed E-state index contributed by atoms with van der Waals surface area (Å²) in [5.41, 5.74) is 14.6. The lowest BCUT2D eigenvalue weighted by Gasteiger charge is -2.20. The van der Waals surface area contributed by atoms with Gasteiger partial charge < -0.3 is 10.5 Å². The summed E-state index contributed by atoms with van der Waals surface area (Å²) in [4.78, 5) is 29.7. The van der Waals surface area contributed by atoms with Crippen molar-refractivity contribution in [2.45, 2.75) is 59.6 Å². The number of nitrogens with two attached hydrogens (primary N) is 1. The van der Waals surface area contributed by atoms with Crippen molar-refractivity contribution in [1.82, 2.24) is 4.98 Å². The number of allylic oxidation sites excluding steroid dienone is 4. The van der Waals surface area contributed by atoms with Crippen LogP contribution in [0.5, 0.6) is 0 Å². The van der Waals surface area contributed by atoms with E-state index < -0.39 is 11.2 Å². The van der Waals surface area contributed by atoms with Gasteiger partial charge in [0.05, 0.1) is 11.3 Å². The second kappa shape index (κ2) is 12.5. The number of hydrogen-bond donors (Lipinski definition) is 1. The predicted molar refractivity (Wildman–Crippen MR) is 157 cm³/mol. The van der Waals surface area contributed by atoms with Crippen LogP contribution in [0.4, 0.5) is 0 Å². The van der Waals surface area contributed by atoms with Crippen molar-refractivity contribution >= 4 is 22.8 Å². The third-order valence-electron chi connectivity index (χ3n) is 7.02. The number of rotatable bonds is 9. The first-order valence-electron chi connectivity index (χ1n) is 13.3. The van der Waals surface area contributed by atoms with Crippen LogP contribution in [-0.2, 0) is 29.1 Å². The molecule has 0 saturated heterocycles. The van der Waals surface area contributed by atoms with Crippen LogP contribution in [-0.4, -0.2) is 16.2 Å². The first kappa shape index (κ1) is 28.5. The Bertz CT molecular complexity index is 1420. The molecule has 5 nitrogen and oxygen atoms in total. The van der Waals surface area contributed by atoms with Crippen molar-refractivity contribution in [3.8, 4) is 11.1 Å². The molecule has 1 atom stereocenters. The van der Waals surface area contributed by atoms with Gasteiger partial charge in [-0.1, -0.05) is 86.2 Å². The number of pyridine rings is 1. The van der Waals surface area contributed by atoms with Crippen molar-refractivity contribution in [2.24, 2.45) is 11.7 Å². The highest BCUT2D eigenvalue weighted by atomic mass is 35.5. The number of ether oxygens (including phenoxy) is 1. The Hall–Kier alpha value is -3.54. The van der Waals surface area contributed by atoms with Gasteiger partial charge in [-0.2, -0.15) is 0 Å². The third kappa shape index (κ3) is 6.73. The van der Waals surface area contributed by atoms with Crippen molar-refractivity contribution in [1.29, 1.82) is 0 Å². The topological polar surface area (TPSA) is 82.3 Å². The largest absolute Gasteiger partial charge is 0.457 e. The molecule has 1 heterocycles. The monoisotopic (exact) mass is 542 g/mol. The number of hydrogen-bond acceptors (Lipinski definition) is 5. The lowest BCUT2D eigenvalue weighted by atomic mass is 9.89. The molecule has 0 bridgehead atoms. The zero-order valence-corrected chi connectivity index (χ0v) is 23.7. The molecule has 1 aliphatic rings. The minimum absolute atomic E-state index is 0.142. The van der Waals surface area contributed by atoms with Gasteiger partial charge >= 0.3 is 5.97 Å². The summed E-state index contributed by atoms with van der Waals surface area (Å²) in [5.74, 6) is 0.161. The van der Waals surface area contributed by atoms with Gasteiger partial charge in [0, 0.05) is 29.3 Å². The summed E-state index contributed by atoms with van der Waals surface area (Å²) in [5, 5.41) is -0.439. The molecule has 2 N–H and O–H groups in total. The van der Waals surface area contributed by atoms with Crippen LogP contribution in [0.25, 0.3) is 11.1 Å². The van der Waals surface area contributed by atoms with Crippen LogP contribution >= 0.6 is 11.6 Å². The smallest absolute Gasteiger partial charge is 0.340 e. The predicted octanol–water partition coefficient (Wildman–Crippen LogP) is 7.11. The van der Waals surface area contributed by atoms with E-state index in [9.17, 15) is 9.59 Å². The maximum atomic E-state index is 13.5. The highest BCUT2D eigenvalue weighted by Crippen LogP contribution is 2.33. The number of carbonyl (C=O) groups is 2. The summed E-state index contributed by atoms with van der Waals surface area (Å²) in [7, 11) is 0. The quantitative estimate of drug-likeness (QED) is 0.230. The minimum atomic E-state index is -0.439. The van der Waals surface area contributed by atoms with Crippen LogP contribution in [0, 0.1) is 19.8 Å². The molecule has 1 aromatic heterocycles. The van der Waals surface area contributed by atoms with E-state index in [-0.39, 0.29) is 19.1 Å². The van der Waals surface area contributed by atoms with Crippen molar-refractivity contribution in [2.75, 3.05) is 0 Å². The number of halogens is 1. The first-order chi connectivity index (χ1) is 18.7. The fourth-order valence-electron chi connectivity index (χ4n) is 4.96. The molecule has 6 heteroatoms. The Labute approximate surface area is 235 Å². The van der Waals surface area contributed by atoms with E-state index in [1.165, 1.54) is 0 Å². The van der Waals surface area contributed by atoms with Crippen LogP contribution in [0.1, 0.15) is 70.2 Å². The molecule has 4 rings (SSSR count). The summed E-state index contributed by atoms with van der Waals surface area (Å²) in [6, 6.07) is 16.1. The van der Waals surface area contributed by atoms with E-state index in [1.807, 2.05) is 74.5 Å². The minimum Gasteiger partial charge on any atom is -0.457 e. The Kier molecular flexibility index (Phi) is 9.16. The molecule has 0 saturated carbocycles. The Morgan fingerprint density at radius 3 is 2.33 bits per heavy atom. The Morgan fingerprint density at radius 1 is 1.08 bits per heavy atom. The van der Waals surface area contributed by atoms with E-state index in [4.69, 9.17) is 27.1 Å². The van der Waals surface area contributed by atoms with Gasteiger partial charge in [0.2, 0.25) is 0 Å². The van der Waals surface area contributed by atoms with Gasteiger partial charge in [0.1, 0.15) is 6.61 Å². The van der Waals surface area contributed by atoms with Crippen molar-refractivity contribution in [3.63, 3.8) is 0 Å². The fourth-order valence-corrected chi connectivity index (χ4v) is 5.10. The van der Waals surface area contributed by atoms with Crippen molar-refractivity contribution in [3.05, 3.63) is 112 Å². The Morgan fingerprint density at radius 2 is 1.77 bits per heavy atom. The highest BCUT2D eigenvalue weighted by Gasteiger charge is 2.25. The molecule has 1 aliphatic carbocycles. The molecular weight excluding hydrogens is 508 g/mol. The number of aryl methyl sites for hydroxylation is 2. The molecular formula is C33H35ClN2O3. The molecule has 39 heavy (non-hydrogen) atoms. The number of nitrogens with zero attached hydrogens (tertiary/aromatic N) is 1. The van der Waals surface area contributed by atoms with Gasteiger partial charge in [-0.3, -0.25) is 9.78 Å². The third-order valence-corrected chi connectivity index (χ3v) is 7.24. The first-order valence-corrected chi connectivity index (χ1v) is 13.7. The lowest BCUT2D eigenvalue weighted by molar-refractivity contribution is -0.108. The maximum absolute atomic E-state index is 13.5. The maximum Gasteiger partial charge on any atom is 0.340 e. The normalized spacial score (nSPS) is 14.8.